The van der Waals surface area contributed by atoms with Crippen LogP contribution >= 0.6 is 0 Å². The number of benzene rings is 2. The molecule has 0 saturated heterocycles. The van der Waals surface area contributed by atoms with Crippen LogP contribution in [0.3, 0.4) is 0 Å². The first-order valence-corrected chi connectivity index (χ1v) is 5.43. The largest absolute Gasteiger partial charge is 0.390 e. The monoisotopic (exact) mass is 264 g/mol. The van der Waals surface area contributed by atoms with Gasteiger partial charge in [0.25, 0.3) is 0 Å². The molecule has 0 atom stereocenters. The van der Waals surface area contributed by atoms with Crippen LogP contribution in [0.5, 0.6) is 0 Å². The molecule has 0 aromatic heterocycles. The zero-order valence-corrected chi connectivity index (χ0v) is 9.74. The molecule has 0 aliphatic heterocycles. The Balaban J connectivity index is 1.95. The first-order chi connectivity index (χ1) is 9.16. The third-order valence-corrected chi connectivity index (χ3v) is 2.34. The van der Waals surface area contributed by atoms with E-state index >= 15 is 0 Å². The lowest BCUT2D eigenvalue weighted by atomic mass is 10.2. The van der Waals surface area contributed by atoms with Crippen molar-refractivity contribution in [1.82, 2.24) is 0 Å². The summed E-state index contributed by atoms with van der Waals surface area (Å²) in [5.74, 6) is -1.87. The molecule has 2 aromatic carbocycles. The van der Waals surface area contributed by atoms with E-state index in [0.717, 1.165) is 12.1 Å². The van der Waals surface area contributed by atoms with Crippen LogP contribution in [-0.2, 0) is 11.4 Å². The van der Waals surface area contributed by atoms with Crippen LogP contribution in [0.15, 0.2) is 47.6 Å². The summed E-state index contributed by atoms with van der Waals surface area (Å²) in [6.07, 6.45) is 2.35. The summed E-state index contributed by atoms with van der Waals surface area (Å²) in [5.41, 5.74) is 0.294. The molecule has 0 bridgehead atoms. The third kappa shape index (κ3) is 3.58. The average molecular weight is 264 g/mol. The van der Waals surface area contributed by atoms with Gasteiger partial charge >= 0.3 is 0 Å². The molecule has 0 fully saturated rings. The zero-order chi connectivity index (χ0) is 13.7. The first-order valence-electron chi connectivity index (χ1n) is 5.43. The number of hydrogen-bond donors (Lipinski definition) is 0. The lowest BCUT2D eigenvalue weighted by molar-refractivity contribution is 0.129. The van der Waals surface area contributed by atoms with Crippen LogP contribution < -0.4 is 0 Å². The molecule has 0 aliphatic rings. The molecule has 5 heteroatoms. The van der Waals surface area contributed by atoms with Crippen LogP contribution in [0.1, 0.15) is 11.1 Å². The van der Waals surface area contributed by atoms with E-state index in [1.54, 1.807) is 6.07 Å². The fourth-order valence-corrected chi connectivity index (χ4v) is 1.37. The molecule has 97 valence electrons. The van der Waals surface area contributed by atoms with Gasteiger partial charge in [-0.3, -0.25) is 0 Å². The molecular weight excluding hydrogens is 255 g/mol. The third-order valence-electron chi connectivity index (χ3n) is 2.34. The van der Waals surface area contributed by atoms with Gasteiger partial charge in [0.2, 0.25) is 0 Å². The highest BCUT2D eigenvalue weighted by Gasteiger charge is 2.03. The predicted octanol–water partition coefficient (Wildman–Crippen LogP) is 3.53. The van der Waals surface area contributed by atoms with Crippen molar-refractivity contribution in [2.75, 3.05) is 0 Å². The highest BCUT2D eigenvalue weighted by atomic mass is 19.1. The Morgan fingerprint density at radius 2 is 1.79 bits per heavy atom. The van der Waals surface area contributed by atoms with Gasteiger partial charge in [-0.2, -0.15) is 0 Å². The van der Waals surface area contributed by atoms with Crippen molar-refractivity contribution >= 4 is 6.21 Å². The predicted molar refractivity (Wildman–Crippen MR) is 64.1 cm³/mol. The van der Waals surface area contributed by atoms with Gasteiger partial charge in [0.05, 0.1) is 0 Å². The van der Waals surface area contributed by atoms with Gasteiger partial charge in [-0.05, 0) is 24.3 Å². The van der Waals surface area contributed by atoms with Gasteiger partial charge in [-0.1, -0.05) is 17.3 Å². The molecule has 0 N–H and O–H groups in total. The van der Waals surface area contributed by atoms with E-state index in [1.807, 2.05) is 0 Å². The van der Waals surface area contributed by atoms with Crippen molar-refractivity contribution in [3.8, 4) is 0 Å². The highest BCUT2D eigenvalue weighted by Crippen LogP contribution is 2.10. The standard InChI is InChI=1S/C14H9F3NO/c15-12-6-5-11(14(17)7-12)9-19-18-8-10-3-1-2-4-13(10)16/h1-7H,9H2. The van der Waals surface area contributed by atoms with E-state index in [9.17, 15) is 13.2 Å². The molecule has 2 aromatic rings. The van der Waals surface area contributed by atoms with Gasteiger partial charge in [-0.15, -0.1) is 0 Å². The first kappa shape index (κ1) is 13.1. The van der Waals surface area contributed by atoms with Crippen molar-refractivity contribution in [2.45, 2.75) is 6.61 Å². The Morgan fingerprint density at radius 1 is 1.00 bits per heavy atom. The fraction of sp³-hybridized carbons (Fsp3) is 0.0714. The van der Waals surface area contributed by atoms with Gasteiger partial charge in [-0.25, -0.2) is 13.2 Å². The molecule has 0 heterocycles. The Morgan fingerprint density at radius 3 is 2.53 bits per heavy atom. The van der Waals surface area contributed by atoms with Gasteiger partial charge in [0.15, 0.2) is 0 Å². The van der Waals surface area contributed by atoms with Crippen molar-refractivity contribution in [3.63, 3.8) is 0 Å². The van der Waals surface area contributed by atoms with Crippen molar-refractivity contribution in [1.29, 1.82) is 0 Å². The Labute approximate surface area is 108 Å². The highest BCUT2D eigenvalue weighted by molar-refractivity contribution is 5.79. The van der Waals surface area contributed by atoms with Crippen LogP contribution in [0, 0.1) is 17.5 Å². The quantitative estimate of drug-likeness (QED) is 0.611. The summed E-state index contributed by atoms with van der Waals surface area (Å²) >= 11 is 0. The van der Waals surface area contributed by atoms with Gasteiger partial charge in [0.1, 0.15) is 30.3 Å². The van der Waals surface area contributed by atoms with E-state index < -0.39 is 17.5 Å². The molecule has 0 unspecified atom stereocenters. The lowest BCUT2D eigenvalue weighted by Gasteiger charge is -2.01. The van der Waals surface area contributed by atoms with E-state index in [4.69, 9.17) is 4.84 Å². The minimum absolute atomic E-state index is 0.141. The Kier molecular flexibility index (Phi) is 4.18. The topological polar surface area (TPSA) is 21.6 Å². The van der Waals surface area contributed by atoms with Crippen molar-refractivity contribution in [2.24, 2.45) is 5.16 Å². The number of hydrogen-bond acceptors (Lipinski definition) is 2. The molecule has 0 aliphatic carbocycles. The Bertz CT molecular complexity index is 599. The maximum Gasteiger partial charge on any atom is 0.145 e. The average Bonchev–Trinajstić information content (AvgIpc) is 2.38. The summed E-state index contributed by atoms with van der Waals surface area (Å²) < 4.78 is 39.0. The summed E-state index contributed by atoms with van der Waals surface area (Å²) in [4.78, 5) is 4.78. The maximum absolute atomic E-state index is 13.2. The number of halogens is 3. The van der Waals surface area contributed by atoms with Crippen molar-refractivity contribution in [3.05, 3.63) is 71.0 Å². The number of rotatable bonds is 4. The minimum Gasteiger partial charge on any atom is -0.390 e. The van der Waals surface area contributed by atoms with Crippen LogP contribution in [0.25, 0.3) is 0 Å². The molecule has 2 rings (SSSR count). The van der Waals surface area contributed by atoms with E-state index in [0.29, 0.717) is 0 Å². The SMILES string of the molecule is Fc1ccc(CO/N=[C]\c2ccccc2F)c(F)c1. The molecule has 0 amide bonds. The summed E-state index contributed by atoms with van der Waals surface area (Å²) in [6, 6.07) is 9.02. The summed E-state index contributed by atoms with van der Waals surface area (Å²) in [5, 5.41) is 3.41. The minimum atomic E-state index is -0.721. The summed E-state index contributed by atoms with van der Waals surface area (Å²) in [7, 11) is 0. The lowest BCUT2D eigenvalue weighted by Crippen LogP contribution is -1.94. The zero-order valence-electron chi connectivity index (χ0n) is 9.74. The van der Waals surface area contributed by atoms with Crippen molar-refractivity contribution < 1.29 is 18.0 Å². The van der Waals surface area contributed by atoms with Gasteiger partial charge in [0, 0.05) is 17.2 Å². The number of nitrogens with zero attached hydrogens (tertiary/aromatic N) is 1. The van der Waals surface area contributed by atoms with E-state index in [1.165, 1.54) is 24.3 Å². The van der Waals surface area contributed by atoms with Crippen LogP contribution in [0.2, 0.25) is 0 Å². The second-order valence-electron chi connectivity index (χ2n) is 3.69. The molecule has 0 spiro atoms. The Hall–Kier alpha value is -2.30. The molecule has 19 heavy (non-hydrogen) atoms. The molecular formula is C14H9F3NO. The van der Waals surface area contributed by atoms with E-state index in [2.05, 4.69) is 11.4 Å². The fourth-order valence-electron chi connectivity index (χ4n) is 1.37. The maximum atomic E-state index is 13.2. The smallest absolute Gasteiger partial charge is 0.145 e. The second kappa shape index (κ2) is 6.04. The van der Waals surface area contributed by atoms with E-state index in [-0.39, 0.29) is 17.7 Å². The second-order valence-corrected chi connectivity index (χ2v) is 3.69. The molecule has 2 nitrogen and oxygen atoms in total. The van der Waals surface area contributed by atoms with Gasteiger partial charge < -0.3 is 4.84 Å². The summed E-state index contributed by atoms with van der Waals surface area (Å²) in [6.45, 7) is -0.187. The van der Waals surface area contributed by atoms with Crippen LogP contribution in [0.4, 0.5) is 13.2 Å². The normalized spacial score (nSPS) is 10.9. The van der Waals surface area contributed by atoms with Crippen LogP contribution in [-0.4, -0.2) is 6.21 Å². The molecule has 0 saturated carbocycles. The molecule has 1 radical (unpaired) electrons.